The molecule has 20 heavy (non-hydrogen) atoms. The Bertz CT molecular complexity index is 671. The molecule has 1 aliphatic rings. The second-order valence-electron chi connectivity index (χ2n) is 4.39. The third kappa shape index (κ3) is 2.13. The van der Waals surface area contributed by atoms with Crippen LogP contribution in [0.25, 0.3) is 11.2 Å². The number of nitrogens with zero attached hydrogens (tertiary/aromatic N) is 3. The molecule has 1 fully saturated rings. The van der Waals surface area contributed by atoms with E-state index in [1.807, 2.05) is 0 Å². The maximum atomic E-state index is 11.6. The van der Waals surface area contributed by atoms with Crippen molar-refractivity contribution < 1.29 is 19.7 Å². The van der Waals surface area contributed by atoms with Gasteiger partial charge in [-0.2, -0.15) is 4.98 Å². The highest BCUT2D eigenvalue weighted by atomic mass is 19.0. The molecular weight excluding hydrogens is 273 g/mol. The summed E-state index contributed by atoms with van der Waals surface area (Å²) in [7, 11) is 0. The molecule has 1 saturated heterocycles. The Morgan fingerprint density at radius 1 is 1.60 bits per heavy atom. The molecule has 110 valence electrons. The van der Waals surface area contributed by atoms with Gasteiger partial charge in [0.1, 0.15) is 12.3 Å². The fraction of sp³-hybridized carbons (Fsp3) is 0.500. The topological polar surface area (TPSA) is 139 Å². The van der Waals surface area contributed by atoms with Crippen molar-refractivity contribution in [2.24, 2.45) is 0 Å². The van der Waals surface area contributed by atoms with E-state index in [2.05, 4.69) is 15.0 Å². The standard InChI is InChI=1S/C10H13N5O4.FH/c11-10-13-8-7(9(18)14-10)12-3-15(8)6-1-4(17)5(2-16)19-6;/h3-6,16-17H,1-2H2,(H3,11,13,14,18);1H/t4-,5+,6+;/m0./s1. The number of nitrogens with one attached hydrogen (secondary N) is 1. The molecule has 9 nitrogen and oxygen atoms in total. The number of nitrogen functional groups attached to an aromatic ring is 1. The second-order valence-corrected chi connectivity index (χ2v) is 4.39. The summed E-state index contributed by atoms with van der Waals surface area (Å²) in [6.45, 7) is -0.277. The number of aromatic nitrogens is 4. The first-order valence-corrected chi connectivity index (χ1v) is 5.77. The Labute approximate surface area is 111 Å². The molecule has 2 aromatic heterocycles. The minimum Gasteiger partial charge on any atom is -0.394 e. The van der Waals surface area contributed by atoms with E-state index in [4.69, 9.17) is 15.6 Å². The van der Waals surface area contributed by atoms with E-state index in [1.54, 1.807) is 0 Å². The first-order valence-electron chi connectivity index (χ1n) is 5.77. The molecular formula is C10H14FN5O4. The highest BCUT2D eigenvalue weighted by Gasteiger charge is 2.35. The molecule has 0 spiro atoms. The molecule has 0 amide bonds. The summed E-state index contributed by atoms with van der Waals surface area (Å²) in [4.78, 5) is 22.0. The van der Waals surface area contributed by atoms with Gasteiger partial charge in [-0.3, -0.25) is 19.1 Å². The van der Waals surface area contributed by atoms with Gasteiger partial charge in [0.2, 0.25) is 5.95 Å². The lowest BCUT2D eigenvalue weighted by molar-refractivity contribution is -0.0432. The van der Waals surface area contributed by atoms with Crippen LogP contribution in [0.4, 0.5) is 10.7 Å². The van der Waals surface area contributed by atoms with Crippen LogP contribution in [0.5, 0.6) is 0 Å². The number of fused-ring (bicyclic) bond motifs is 1. The Balaban J connectivity index is 0.00000147. The van der Waals surface area contributed by atoms with Gasteiger partial charge in [0, 0.05) is 6.42 Å². The highest BCUT2D eigenvalue weighted by molar-refractivity contribution is 5.70. The summed E-state index contributed by atoms with van der Waals surface area (Å²) < 4.78 is 7.01. The number of halogens is 1. The number of hydrogen-bond acceptors (Lipinski definition) is 7. The molecule has 1 aliphatic heterocycles. The van der Waals surface area contributed by atoms with Crippen LogP contribution >= 0.6 is 0 Å². The van der Waals surface area contributed by atoms with Crippen molar-refractivity contribution in [1.82, 2.24) is 19.5 Å². The summed E-state index contributed by atoms with van der Waals surface area (Å²) in [5.74, 6) is -0.0171. The predicted octanol–water partition coefficient (Wildman–Crippen LogP) is -1.51. The predicted molar refractivity (Wildman–Crippen MR) is 66.7 cm³/mol. The summed E-state index contributed by atoms with van der Waals surface area (Å²) in [5, 5.41) is 18.8. The highest BCUT2D eigenvalue weighted by Crippen LogP contribution is 2.30. The molecule has 0 unspecified atom stereocenters. The van der Waals surface area contributed by atoms with Gasteiger partial charge >= 0.3 is 0 Å². The van der Waals surface area contributed by atoms with E-state index < -0.39 is 24.0 Å². The average molecular weight is 287 g/mol. The summed E-state index contributed by atoms with van der Waals surface area (Å²) in [6.07, 6.45) is -0.270. The number of aliphatic hydroxyl groups excluding tert-OH is 2. The smallest absolute Gasteiger partial charge is 0.280 e. The number of anilines is 1. The minimum absolute atomic E-state index is 0. The van der Waals surface area contributed by atoms with Crippen LogP contribution in [0.15, 0.2) is 11.1 Å². The van der Waals surface area contributed by atoms with Crippen molar-refractivity contribution >= 4 is 17.1 Å². The molecule has 3 heterocycles. The van der Waals surface area contributed by atoms with Gasteiger partial charge in [-0.15, -0.1) is 0 Å². The molecule has 3 atom stereocenters. The van der Waals surface area contributed by atoms with E-state index >= 15 is 0 Å². The molecule has 0 radical (unpaired) electrons. The van der Waals surface area contributed by atoms with Gasteiger partial charge < -0.3 is 20.7 Å². The van der Waals surface area contributed by atoms with Crippen LogP contribution in [0.3, 0.4) is 0 Å². The molecule has 2 aromatic rings. The van der Waals surface area contributed by atoms with Gasteiger partial charge in [0.25, 0.3) is 5.56 Å². The number of H-pyrrole nitrogens is 1. The summed E-state index contributed by atoms with van der Waals surface area (Å²) in [5.41, 5.74) is 5.50. The van der Waals surface area contributed by atoms with Crippen molar-refractivity contribution in [2.75, 3.05) is 12.3 Å². The lowest BCUT2D eigenvalue weighted by Gasteiger charge is -2.13. The summed E-state index contributed by atoms with van der Waals surface area (Å²) in [6, 6.07) is 0. The van der Waals surface area contributed by atoms with Crippen LogP contribution in [-0.4, -0.2) is 48.5 Å². The molecule has 0 aromatic carbocycles. The Hall–Kier alpha value is -2.04. The van der Waals surface area contributed by atoms with E-state index in [9.17, 15) is 9.90 Å². The lowest BCUT2D eigenvalue weighted by Crippen LogP contribution is -2.24. The first-order chi connectivity index (χ1) is 9.10. The van der Waals surface area contributed by atoms with Crippen LogP contribution < -0.4 is 11.3 Å². The van der Waals surface area contributed by atoms with E-state index in [1.165, 1.54) is 10.9 Å². The molecule has 0 aliphatic carbocycles. The van der Waals surface area contributed by atoms with E-state index in [0.29, 0.717) is 0 Å². The number of ether oxygens (including phenoxy) is 1. The van der Waals surface area contributed by atoms with Gasteiger partial charge in [0.05, 0.1) is 19.0 Å². The van der Waals surface area contributed by atoms with Crippen molar-refractivity contribution in [3.8, 4) is 0 Å². The Morgan fingerprint density at radius 2 is 2.35 bits per heavy atom. The zero-order valence-corrected chi connectivity index (χ0v) is 10.3. The fourth-order valence-corrected chi connectivity index (χ4v) is 2.20. The van der Waals surface area contributed by atoms with E-state index in [0.717, 1.165) is 0 Å². The third-order valence-corrected chi connectivity index (χ3v) is 3.15. The van der Waals surface area contributed by atoms with Crippen LogP contribution in [0, 0.1) is 0 Å². The first kappa shape index (κ1) is 14.4. The summed E-state index contributed by atoms with van der Waals surface area (Å²) >= 11 is 0. The molecule has 5 N–H and O–H groups in total. The van der Waals surface area contributed by atoms with Crippen molar-refractivity contribution in [2.45, 2.75) is 24.9 Å². The number of aliphatic hydroxyl groups is 2. The number of imidazole rings is 1. The zero-order chi connectivity index (χ0) is 13.6. The molecule has 0 saturated carbocycles. The average Bonchev–Trinajstić information content (AvgIpc) is 2.92. The fourth-order valence-electron chi connectivity index (χ4n) is 2.20. The molecule has 10 heteroatoms. The van der Waals surface area contributed by atoms with Gasteiger partial charge in [0.15, 0.2) is 11.2 Å². The Kier molecular flexibility index (Phi) is 3.70. The Morgan fingerprint density at radius 3 is 3.00 bits per heavy atom. The van der Waals surface area contributed by atoms with Crippen LogP contribution in [0.1, 0.15) is 12.6 Å². The van der Waals surface area contributed by atoms with Crippen LogP contribution in [-0.2, 0) is 4.74 Å². The molecule has 0 bridgehead atoms. The van der Waals surface area contributed by atoms with Gasteiger partial charge in [-0.1, -0.05) is 0 Å². The monoisotopic (exact) mass is 287 g/mol. The van der Waals surface area contributed by atoms with Crippen molar-refractivity contribution in [3.63, 3.8) is 0 Å². The normalized spacial score (nSPS) is 25.8. The maximum Gasteiger partial charge on any atom is 0.280 e. The zero-order valence-electron chi connectivity index (χ0n) is 10.3. The van der Waals surface area contributed by atoms with E-state index in [-0.39, 0.29) is 34.8 Å². The number of aromatic amines is 1. The number of nitrogens with two attached hydrogens (primary N) is 1. The number of hydrogen-bond donors (Lipinski definition) is 4. The van der Waals surface area contributed by atoms with Crippen molar-refractivity contribution in [3.05, 3.63) is 16.7 Å². The third-order valence-electron chi connectivity index (χ3n) is 3.15. The second kappa shape index (κ2) is 5.15. The minimum atomic E-state index is -0.771. The number of rotatable bonds is 2. The lowest BCUT2D eigenvalue weighted by atomic mass is 10.2. The largest absolute Gasteiger partial charge is 0.394 e. The van der Waals surface area contributed by atoms with Gasteiger partial charge in [-0.25, -0.2) is 4.98 Å². The molecule has 3 rings (SSSR count). The van der Waals surface area contributed by atoms with Crippen molar-refractivity contribution in [1.29, 1.82) is 0 Å². The quantitative estimate of drug-likeness (QED) is 0.526. The maximum absolute atomic E-state index is 11.6. The van der Waals surface area contributed by atoms with Crippen LogP contribution in [0.2, 0.25) is 0 Å². The SMILES string of the molecule is F.Nc1nc2c(ncn2[C@H]2C[C@H](O)[C@@H](CO)O2)c(=O)[nH]1. The van der Waals surface area contributed by atoms with Gasteiger partial charge in [-0.05, 0) is 0 Å².